The van der Waals surface area contributed by atoms with Crippen molar-refractivity contribution in [3.8, 4) is 0 Å². The molecule has 0 aromatic rings. The standard InChI is InChI=1S/C64H106O6/c1-4-7-10-13-15-17-19-21-23-25-27-28-29-30-31-32-33-34-35-36-37-39-40-42-44-46-48-51-54-57-63(66)69-60-61(59-68-62(65)56-53-50-12-9-6-3)70-64(67)58-55-52-49-47-45-43-41-38-26-24-22-20-18-16-14-11-8-5-2/h7,10,15,17,21,23-24,26-28,30-31,33-34,36-37,40,42,61H,4-6,8-9,11-14,16,18-20,22,25,29,32,35,38-39,41,43-60H2,1-3H3/b10-7-,17-15-,23-21-,26-24-,28-27-,31-30-,34-33-,37-36-,42-40-. The Morgan fingerprint density at radius 2 is 0.557 bits per heavy atom. The van der Waals surface area contributed by atoms with E-state index in [1.807, 2.05) is 0 Å². The second kappa shape index (κ2) is 57.6. The zero-order chi connectivity index (χ0) is 50.7. The van der Waals surface area contributed by atoms with E-state index in [0.717, 1.165) is 128 Å². The third-order valence-corrected chi connectivity index (χ3v) is 12.0. The average Bonchev–Trinajstić information content (AvgIpc) is 3.36. The molecule has 0 radical (unpaired) electrons. The zero-order valence-corrected chi connectivity index (χ0v) is 45.5. The minimum atomic E-state index is -0.789. The predicted octanol–water partition coefficient (Wildman–Crippen LogP) is 19.5. The van der Waals surface area contributed by atoms with Crippen LogP contribution in [0.5, 0.6) is 0 Å². The third kappa shape index (κ3) is 55.0. The molecular weight excluding hydrogens is 865 g/mol. The van der Waals surface area contributed by atoms with E-state index >= 15 is 0 Å². The van der Waals surface area contributed by atoms with Crippen molar-refractivity contribution in [3.63, 3.8) is 0 Å². The lowest BCUT2D eigenvalue weighted by molar-refractivity contribution is -0.167. The van der Waals surface area contributed by atoms with Gasteiger partial charge in [0.2, 0.25) is 0 Å². The Morgan fingerprint density at radius 3 is 0.886 bits per heavy atom. The fraction of sp³-hybridized carbons (Fsp3) is 0.672. The summed E-state index contributed by atoms with van der Waals surface area (Å²) in [4.78, 5) is 37.8. The van der Waals surface area contributed by atoms with E-state index in [4.69, 9.17) is 14.2 Å². The van der Waals surface area contributed by atoms with Gasteiger partial charge in [-0.2, -0.15) is 0 Å². The van der Waals surface area contributed by atoms with Crippen LogP contribution in [0.3, 0.4) is 0 Å². The van der Waals surface area contributed by atoms with Crippen molar-refractivity contribution >= 4 is 17.9 Å². The normalized spacial score (nSPS) is 12.9. The van der Waals surface area contributed by atoms with Gasteiger partial charge in [-0.15, -0.1) is 0 Å². The molecule has 0 saturated carbocycles. The molecule has 1 atom stereocenters. The lowest BCUT2D eigenvalue weighted by Crippen LogP contribution is -2.30. The van der Waals surface area contributed by atoms with E-state index in [9.17, 15) is 14.4 Å². The number of unbranched alkanes of at least 4 members (excludes halogenated alkanes) is 22. The molecule has 0 aromatic carbocycles. The monoisotopic (exact) mass is 971 g/mol. The van der Waals surface area contributed by atoms with Gasteiger partial charge in [-0.05, 0) is 109 Å². The maximum Gasteiger partial charge on any atom is 0.306 e. The highest BCUT2D eigenvalue weighted by atomic mass is 16.6. The van der Waals surface area contributed by atoms with Gasteiger partial charge in [-0.1, -0.05) is 239 Å². The number of esters is 3. The number of rotatable bonds is 51. The lowest BCUT2D eigenvalue weighted by Gasteiger charge is -2.18. The van der Waals surface area contributed by atoms with Gasteiger partial charge >= 0.3 is 17.9 Å². The van der Waals surface area contributed by atoms with Gasteiger partial charge in [-0.25, -0.2) is 0 Å². The van der Waals surface area contributed by atoms with Crippen molar-refractivity contribution in [1.29, 1.82) is 0 Å². The molecule has 0 aliphatic rings. The van der Waals surface area contributed by atoms with Crippen LogP contribution in [-0.2, 0) is 28.6 Å². The molecule has 0 heterocycles. The molecule has 1 unspecified atom stereocenters. The molecule has 6 heteroatoms. The first kappa shape index (κ1) is 66.1. The second-order valence-electron chi connectivity index (χ2n) is 18.8. The zero-order valence-electron chi connectivity index (χ0n) is 45.5. The van der Waals surface area contributed by atoms with E-state index in [1.165, 1.54) is 89.9 Å². The van der Waals surface area contributed by atoms with Crippen LogP contribution in [0.15, 0.2) is 109 Å². The van der Waals surface area contributed by atoms with Crippen LogP contribution < -0.4 is 0 Å². The summed E-state index contributed by atoms with van der Waals surface area (Å²) >= 11 is 0. The van der Waals surface area contributed by atoms with Crippen LogP contribution >= 0.6 is 0 Å². The van der Waals surface area contributed by atoms with Gasteiger partial charge in [0.25, 0.3) is 0 Å². The predicted molar refractivity (Wildman–Crippen MR) is 302 cm³/mol. The van der Waals surface area contributed by atoms with Crippen molar-refractivity contribution in [2.75, 3.05) is 13.2 Å². The molecule has 0 amide bonds. The third-order valence-electron chi connectivity index (χ3n) is 12.0. The van der Waals surface area contributed by atoms with Crippen molar-refractivity contribution in [2.24, 2.45) is 0 Å². The molecule has 398 valence electrons. The number of hydrogen-bond acceptors (Lipinski definition) is 6. The van der Waals surface area contributed by atoms with E-state index in [2.05, 4.69) is 130 Å². The average molecular weight is 972 g/mol. The summed E-state index contributed by atoms with van der Waals surface area (Å²) in [6.45, 7) is 6.41. The fourth-order valence-electron chi connectivity index (χ4n) is 7.69. The van der Waals surface area contributed by atoms with Crippen LogP contribution in [0.2, 0.25) is 0 Å². The summed E-state index contributed by atoms with van der Waals surface area (Å²) in [5.41, 5.74) is 0. The van der Waals surface area contributed by atoms with Gasteiger partial charge in [0.05, 0.1) is 0 Å². The molecule has 0 saturated heterocycles. The summed E-state index contributed by atoms with van der Waals surface area (Å²) in [6.07, 6.45) is 78.4. The van der Waals surface area contributed by atoms with Gasteiger partial charge < -0.3 is 14.2 Å². The maximum absolute atomic E-state index is 12.8. The first-order valence-electron chi connectivity index (χ1n) is 28.9. The highest BCUT2D eigenvalue weighted by Crippen LogP contribution is 2.14. The Hall–Kier alpha value is -3.93. The second-order valence-corrected chi connectivity index (χ2v) is 18.8. The van der Waals surface area contributed by atoms with Crippen LogP contribution in [0.25, 0.3) is 0 Å². The number of allylic oxidation sites excluding steroid dienone is 18. The molecule has 0 aliphatic heterocycles. The Balaban J connectivity index is 4.18. The van der Waals surface area contributed by atoms with Crippen LogP contribution in [0.4, 0.5) is 0 Å². The van der Waals surface area contributed by atoms with Crippen LogP contribution in [-0.4, -0.2) is 37.2 Å². The van der Waals surface area contributed by atoms with E-state index in [-0.39, 0.29) is 31.1 Å². The van der Waals surface area contributed by atoms with Crippen molar-refractivity contribution < 1.29 is 28.6 Å². The molecule has 0 N–H and O–H groups in total. The summed E-state index contributed by atoms with van der Waals surface area (Å²) in [6, 6.07) is 0. The Bertz CT molecular complexity index is 1440. The molecule has 0 spiro atoms. The quantitative estimate of drug-likeness (QED) is 0.0262. The summed E-state index contributed by atoms with van der Waals surface area (Å²) in [5, 5.41) is 0. The Morgan fingerprint density at radius 1 is 0.300 bits per heavy atom. The molecule has 6 nitrogen and oxygen atoms in total. The van der Waals surface area contributed by atoms with Gasteiger partial charge in [0, 0.05) is 19.3 Å². The molecule has 70 heavy (non-hydrogen) atoms. The smallest absolute Gasteiger partial charge is 0.306 e. The van der Waals surface area contributed by atoms with Crippen molar-refractivity contribution in [2.45, 2.75) is 264 Å². The Kier molecular flexibility index (Phi) is 54.4. The highest BCUT2D eigenvalue weighted by molar-refractivity contribution is 5.71. The molecular formula is C64H106O6. The summed E-state index contributed by atoms with van der Waals surface area (Å²) in [7, 11) is 0. The summed E-state index contributed by atoms with van der Waals surface area (Å²) in [5.74, 6) is -0.934. The van der Waals surface area contributed by atoms with Crippen molar-refractivity contribution in [1.82, 2.24) is 0 Å². The molecule has 0 bridgehead atoms. The SMILES string of the molecule is CC/C=C\C/C=C\C/C=C\C/C=C\C/C=C\C/C=C\C/C=C\C/C=C\CCCCCCC(=O)OCC(COC(=O)CCCCCCC)OC(=O)CCCCCCCCC/C=C\CCCCCCCCC. The number of carbonyl (C=O) groups is 3. The van der Waals surface area contributed by atoms with E-state index < -0.39 is 6.10 Å². The highest BCUT2D eigenvalue weighted by Gasteiger charge is 2.19. The van der Waals surface area contributed by atoms with E-state index in [1.54, 1.807) is 0 Å². The molecule has 0 aliphatic carbocycles. The van der Waals surface area contributed by atoms with Crippen molar-refractivity contribution in [3.05, 3.63) is 109 Å². The van der Waals surface area contributed by atoms with E-state index in [0.29, 0.717) is 19.3 Å². The van der Waals surface area contributed by atoms with Gasteiger partial charge in [0.15, 0.2) is 6.10 Å². The minimum absolute atomic E-state index is 0.0894. The first-order chi connectivity index (χ1) is 34.5. The molecule has 0 aromatic heterocycles. The fourth-order valence-corrected chi connectivity index (χ4v) is 7.69. The number of hydrogen-bond donors (Lipinski definition) is 0. The molecule has 0 fully saturated rings. The number of ether oxygens (including phenoxy) is 3. The lowest BCUT2D eigenvalue weighted by atomic mass is 10.1. The van der Waals surface area contributed by atoms with Gasteiger partial charge in [-0.3, -0.25) is 14.4 Å². The van der Waals surface area contributed by atoms with Gasteiger partial charge in [0.1, 0.15) is 13.2 Å². The maximum atomic E-state index is 12.8. The number of carbonyl (C=O) groups excluding carboxylic acids is 3. The Labute approximate surface area is 431 Å². The summed E-state index contributed by atoms with van der Waals surface area (Å²) < 4.78 is 16.7. The minimum Gasteiger partial charge on any atom is -0.462 e. The van der Waals surface area contributed by atoms with Crippen LogP contribution in [0.1, 0.15) is 258 Å². The largest absolute Gasteiger partial charge is 0.462 e. The van der Waals surface area contributed by atoms with Crippen LogP contribution in [0, 0.1) is 0 Å². The first-order valence-corrected chi connectivity index (χ1v) is 28.9. The topological polar surface area (TPSA) is 78.9 Å². The molecule has 0 rings (SSSR count).